The molecule has 1 heterocycles. The fraction of sp³-hybridized carbons (Fsp3) is 0.353. The van der Waals surface area contributed by atoms with Crippen LogP contribution < -0.4 is 4.74 Å². The second-order valence-corrected chi connectivity index (χ2v) is 7.45. The molecule has 1 saturated heterocycles. The van der Waals surface area contributed by atoms with Gasteiger partial charge in [0.15, 0.2) is 11.5 Å². The first-order chi connectivity index (χ1) is 11.5. The molecule has 2 bridgehead atoms. The van der Waals surface area contributed by atoms with E-state index in [1.54, 1.807) is 12.1 Å². The third-order valence-corrected chi connectivity index (χ3v) is 5.86. The summed E-state index contributed by atoms with van der Waals surface area (Å²) >= 11 is 1.98. The van der Waals surface area contributed by atoms with Gasteiger partial charge < -0.3 is 9.84 Å². The summed E-state index contributed by atoms with van der Waals surface area (Å²) in [7, 11) is 1.46. The van der Waals surface area contributed by atoms with Crippen molar-refractivity contribution < 1.29 is 19.4 Å². The number of nitrogens with zero attached hydrogens (tertiary/aromatic N) is 2. The number of aromatic hydroxyl groups is 1. The molecule has 4 rings (SSSR count). The number of allylic oxidation sites excluding steroid dienone is 2. The third kappa shape index (κ3) is 2.17. The molecule has 6 nitrogen and oxygen atoms in total. The number of rotatable bonds is 3. The van der Waals surface area contributed by atoms with Gasteiger partial charge in [-0.2, -0.15) is 10.1 Å². The molecule has 1 saturated carbocycles. The highest BCUT2D eigenvalue weighted by molar-refractivity contribution is 14.1. The van der Waals surface area contributed by atoms with Crippen molar-refractivity contribution in [1.82, 2.24) is 5.01 Å². The van der Waals surface area contributed by atoms with Gasteiger partial charge in [-0.25, -0.2) is 0 Å². The summed E-state index contributed by atoms with van der Waals surface area (Å²) in [6.45, 7) is 0. The van der Waals surface area contributed by atoms with E-state index in [1.807, 2.05) is 22.6 Å². The number of hydrazone groups is 1. The van der Waals surface area contributed by atoms with Crippen LogP contribution >= 0.6 is 22.6 Å². The fourth-order valence-corrected chi connectivity index (χ4v) is 4.57. The number of ether oxygens (including phenoxy) is 1. The van der Waals surface area contributed by atoms with Crippen LogP contribution in [0.25, 0.3) is 0 Å². The zero-order chi connectivity index (χ0) is 17.0. The highest BCUT2D eigenvalue weighted by atomic mass is 127. The molecular formula is C17H15IN2O4. The predicted molar refractivity (Wildman–Crippen MR) is 94.5 cm³/mol. The predicted octanol–water partition coefficient (Wildman–Crippen LogP) is 2.15. The lowest BCUT2D eigenvalue weighted by atomic mass is 9.85. The number of methoxy groups -OCH3 is 1. The van der Waals surface area contributed by atoms with E-state index in [4.69, 9.17) is 4.74 Å². The number of halogens is 1. The Hall–Kier alpha value is -1.90. The van der Waals surface area contributed by atoms with E-state index in [2.05, 4.69) is 17.3 Å². The van der Waals surface area contributed by atoms with Gasteiger partial charge in [-0.05, 0) is 58.5 Å². The number of hydrogen-bond acceptors (Lipinski definition) is 5. The number of amides is 2. The van der Waals surface area contributed by atoms with Crippen LogP contribution in [-0.2, 0) is 9.59 Å². The van der Waals surface area contributed by atoms with Crippen molar-refractivity contribution in [3.8, 4) is 11.5 Å². The van der Waals surface area contributed by atoms with Gasteiger partial charge in [-0.15, -0.1) is 0 Å². The lowest BCUT2D eigenvalue weighted by Crippen LogP contribution is -2.28. The van der Waals surface area contributed by atoms with E-state index < -0.39 is 0 Å². The molecule has 3 aliphatic rings. The van der Waals surface area contributed by atoms with Crippen LogP contribution in [0, 0.1) is 27.2 Å². The van der Waals surface area contributed by atoms with Crippen LogP contribution in [-0.4, -0.2) is 35.3 Å². The molecule has 2 fully saturated rings. The van der Waals surface area contributed by atoms with E-state index in [1.165, 1.54) is 13.3 Å². The lowest BCUT2D eigenvalue weighted by molar-refractivity contribution is -0.140. The van der Waals surface area contributed by atoms with Crippen molar-refractivity contribution in [2.24, 2.45) is 28.8 Å². The molecule has 0 spiro atoms. The van der Waals surface area contributed by atoms with E-state index in [-0.39, 0.29) is 41.2 Å². The zero-order valence-electron chi connectivity index (χ0n) is 12.8. The Morgan fingerprint density at radius 2 is 1.88 bits per heavy atom. The minimum Gasteiger partial charge on any atom is -0.504 e. The maximum Gasteiger partial charge on any atom is 0.254 e. The Morgan fingerprint density at radius 1 is 1.25 bits per heavy atom. The molecule has 2 amide bonds. The van der Waals surface area contributed by atoms with Crippen molar-refractivity contribution in [1.29, 1.82) is 0 Å². The minimum atomic E-state index is -0.251. The van der Waals surface area contributed by atoms with Gasteiger partial charge in [0.1, 0.15) is 0 Å². The largest absolute Gasteiger partial charge is 0.504 e. The van der Waals surface area contributed by atoms with Crippen molar-refractivity contribution >= 4 is 40.6 Å². The maximum absolute atomic E-state index is 12.5. The SMILES string of the molecule is COc1cc(/C=N\N2C(=O)[C@@H]3[C@@H](C2=O)[C@H]2C=C[C@@H]3C2)cc(I)c1O. The monoisotopic (exact) mass is 438 g/mol. The van der Waals surface area contributed by atoms with Crippen LogP contribution in [0.15, 0.2) is 29.4 Å². The molecule has 2 aliphatic carbocycles. The molecule has 1 aromatic carbocycles. The van der Waals surface area contributed by atoms with Crippen LogP contribution in [0.5, 0.6) is 11.5 Å². The van der Waals surface area contributed by atoms with Crippen molar-refractivity contribution in [2.45, 2.75) is 6.42 Å². The molecule has 4 atom stereocenters. The summed E-state index contributed by atoms with van der Waals surface area (Å²) in [5.41, 5.74) is 0.646. The third-order valence-electron chi connectivity index (χ3n) is 5.04. The Morgan fingerprint density at radius 3 is 2.46 bits per heavy atom. The topological polar surface area (TPSA) is 79.2 Å². The number of hydrogen-bond donors (Lipinski definition) is 1. The average Bonchev–Trinajstić information content (AvgIpc) is 3.23. The molecule has 124 valence electrons. The van der Waals surface area contributed by atoms with E-state index in [0.717, 1.165) is 11.4 Å². The highest BCUT2D eigenvalue weighted by Crippen LogP contribution is 2.52. The molecule has 0 unspecified atom stereocenters. The number of fused-ring (bicyclic) bond motifs is 5. The first kappa shape index (κ1) is 15.6. The van der Waals surface area contributed by atoms with Crippen LogP contribution in [0.4, 0.5) is 0 Å². The van der Waals surface area contributed by atoms with Gasteiger partial charge in [-0.1, -0.05) is 12.2 Å². The summed E-state index contributed by atoms with van der Waals surface area (Å²) in [6, 6.07) is 3.32. The number of carbonyl (C=O) groups excluding carboxylic acids is 2. The van der Waals surface area contributed by atoms with Gasteiger partial charge in [0.25, 0.3) is 11.8 Å². The van der Waals surface area contributed by atoms with Gasteiger partial charge in [0.05, 0.1) is 28.7 Å². The van der Waals surface area contributed by atoms with Crippen LogP contribution in [0.2, 0.25) is 0 Å². The second kappa shape index (κ2) is 5.58. The van der Waals surface area contributed by atoms with Gasteiger partial charge >= 0.3 is 0 Å². The zero-order valence-corrected chi connectivity index (χ0v) is 15.0. The molecule has 1 aromatic rings. The molecule has 7 heteroatoms. The number of benzene rings is 1. The molecule has 0 radical (unpaired) electrons. The lowest BCUT2D eigenvalue weighted by Gasteiger charge is -2.13. The fourth-order valence-electron chi connectivity index (χ4n) is 3.95. The molecular weight excluding hydrogens is 423 g/mol. The first-order valence-corrected chi connectivity index (χ1v) is 8.75. The summed E-state index contributed by atoms with van der Waals surface area (Å²) in [6.07, 6.45) is 6.46. The van der Waals surface area contributed by atoms with Gasteiger partial charge in [0.2, 0.25) is 0 Å². The standard InChI is InChI=1S/C17H15IN2O4/c1-24-12-5-8(4-11(18)15(12)21)7-19-20-16(22)13-9-2-3-10(6-9)14(13)17(20)23/h2-5,7,9-10,13-14,21H,6H2,1H3/b19-7-/t9-,10+,13-,14-/m0/s1. The number of phenols is 1. The normalized spacial score (nSPS) is 30.7. The van der Waals surface area contributed by atoms with Crippen molar-refractivity contribution in [3.63, 3.8) is 0 Å². The Labute approximate surface area is 152 Å². The molecule has 1 aliphatic heterocycles. The van der Waals surface area contributed by atoms with E-state index in [9.17, 15) is 14.7 Å². The summed E-state index contributed by atoms with van der Waals surface area (Å²) in [4.78, 5) is 25.1. The number of imide groups is 1. The average molecular weight is 438 g/mol. The number of carbonyl (C=O) groups is 2. The van der Waals surface area contributed by atoms with Gasteiger partial charge in [0, 0.05) is 0 Å². The molecule has 0 aromatic heterocycles. The Balaban J connectivity index is 1.60. The number of phenolic OH excluding ortho intramolecular Hbond substituents is 1. The van der Waals surface area contributed by atoms with Crippen LogP contribution in [0.1, 0.15) is 12.0 Å². The van der Waals surface area contributed by atoms with Crippen molar-refractivity contribution in [2.75, 3.05) is 7.11 Å². The Bertz CT molecular complexity index is 774. The molecule has 24 heavy (non-hydrogen) atoms. The highest BCUT2D eigenvalue weighted by Gasteiger charge is 2.59. The second-order valence-electron chi connectivity index (χ2n) is 6.29. The van der Waals surface area contributed by atoms with E-state index >= 15 is 0 Å². The summed E-state index contributed by atoms with van der Waals surface area (Å²) < 4.78 is 5.71. The smallest absolute Gasteiger partial charge is 0.254 e. The quantitative estimate of drug-likeness (QED) is 0.340. The Kier molecular flexibility index (Phi) is 3.63. The van der Waals surface area contributed by atoms with Gasteiger partial charge in [-0.3, -0.25) is 9.59 Å². The van der Waals surface area contributed by atoms with E-state index in [0.29, 0.717) is 14.9 Å². The van der Waals surface area contributed by atoms with Crippen molar-refractivity contribution in [3.05, 3.63) is 33.4 Å². The molecule has 1 N–H and O–H groups in total. The summed E-state index contributed by atoms with van der Waals surface area (Å²) in [5.74, 6) is -0.199. The maximum atomic E-state index is 12.5. The van der Waals surface area contributed by atoms with Crippen LogP contribution in [0.3, 0.4) is 0 Å². The first-order valence-electron chi connectivity index (χ1n) is 7.68. The summed E-state index contributed by atoms with van der Waals surface area (Å²) in [5, 5.41) is 15.0. The minimum absolute atomic E-state index is 0.0563.